The van der Waals surface area contributed by atoms with Gasteiger partial charge in [0, 0.05) is 4.91 Å². The van der Waals surface area contributed by atoms with E-state index in [9.17, 15) is 0 Å². The van der Waals surface area contributed by atoms with Crippen LogP contribution < -0.4 is 5.73 Å². The minimum Gasteiger partial charge on any atom is -0.319 e. The number of nitrogens with two attached hydrogens (primary N) is 1. The van der Waals surface area contributed by atoms with Crippen molar-refractivity contribution in [2.75, 3.05) is 0 Å². The van der Waals surface area contributed by atoms with Gasteiger partial charge in [-0.3, -0.25) is 0 Å². The zero-order valence-corrected chi connectivity index (χ0v) is 6.32. The smallest absolute Gasteiger partial charge is 0.0589 e. The molecule has 0 aromatic heterocycles. The van der Waals surface area contributed by atoms with Crippen molar-refractivity contribution in [2.24, 2.45) is 5.73 Å². The monoisotopic (exact) mass is 141 g/mol. The molecule has 1 atom stereocenters. The number of hydrogen-bond acceptors (Lipinski definition) is 2. The van der Waals surface area contributed by atoms with Crippen LogP contribution in [0.4, 0.5) is 0 Å². The van der Waals surface area contributed by atoms with Gasteiger partial charge in [-0.15, -0.1) is 11.8 Å². The third-order valence-corrected chi connectivity index (χ3v) is 2.24. The Morgan fingerprint density at radius 1 is 1.89 bits per heavy atom. The van der Waals surface area contributed by atoms with E-state index in [-0.39, 0.29) is 0 Å². The van der Waals surface area contributed by atoms with Gasteiger partial charge in [0.15, 0.2) is 0 Å². The van der Waals surface area contributed by atoms with Crippen molar-refractivity contribution >= 4 is 11.8 Å². The Balaban J connectivity index is 2.45. The number of allylic oxidation sites excluding steroid dienone is 2. The first-order valence-corrected chi connectivity index (χ1v) is 3.96. The Morgan fingerprint density at radius 3 is 3.11 bits per heavy atom. The minimum atomic E-state index is 0.302. The molecule has 0 fully saturated rings. The van der Waals surface area contributed by atoms with E-state index < -0.39 is 0 Å². The van der Waals surface area contributed by atoms with Crippen LogP contribution in [0.2, 0.25) is 0 Å². The molecule has 0 amide bonds. The molecule has 0 aliphatic carbocycles. The zero-order valence-electron chi connectivity index (χ0n) is 5.50. The van der Waals surface area contributed by atoms with Crippen molar-refractivity contribution in [3.63, 3.8) is 0 Å². The lowest BCUT2D eigenvalue weighted by Crippen LogP contribution is -2.09. The summed E-state index contributed by atoms with van der Waals surface area (Å²) in [6.45, 7) is 2.02. The van der Waals surface area contributed by atoms with Gasteiger partial charge in [0.1, 0.15) is 0 Å². The van der Waals surface area contributed by atoms with Gasteiger partial charge in [-0.2, -0.15) is 0 Å². The van der Waals surface area contributed by atoms with Crippen LogP contribution in [0.5, 0.6) is 0 Å². The van der Waals surface area contributed by atoms with E-state index in [1.165, 1.54) is 4.91 Å². The highest BCUT2D eigenvalue weighted by atomic mass is 32.2. The van der Waals surface area contributed by atoms with Crippen molar-refractivity contribution in [1.82, 2.24) is 0 Å². The van der Waals surface area contributed by atoms with E-state index in [0.29, 0.717) is 5.37 Å². The van der Waals surface area contributed by atoms with Crippen molar-refractivity contribution in [1.29, 1.82) is 0 Å². The standard InChI is InChI=1S/C7H11NS/c1-2-3-6-4-5-7(8)9-6/h2-4,7H,5,8H2,1H3/b3-2+. The molecule has 1 aliphatic rings. The van der Waals surface area contributed by atoms with Crippen LogP contribution in [0.1, 0.15) is 13.3 Å². The molecule has 1 unspecified atom stereocenters. The summed E-state index contributed by atoms with van der Waals surface area (Å²) in [6, 6.07) is 0. The average Bonchev–Trinajstić information content (AvgIpc) is 2.17. The molecule has 0 bridgehead atoms. The Labute approximate surface area is 60.0 Å². The van der Waals surface area contributed by atoms with Crippen LogP contribution in [0.25, 0.3) is 0 Å². The van der Waals surface area contributed by atoms with Gasteiger partial charge < -0.3 is 5.73 Å². The first kappa shape index (κ1) is 6.90. The lowest BCUT2D eigenvalue weighted by molar-refractivity contribution is 0.952. The van der Waals surface area contributed by atoms with Gasteiger partial charge in [0.25, 0.3) is 0 Å². The minimum absolute atomic E-state index is 0.302. The van der Waals surface area contributed by atoms with Crippen LogP contribution >= 0.6 is 11.8 Å². The van der Waals surface area contributed by atoms with E-state index in [4.69, 9.17) is 5.73 Å². The van der Waals surface area contributed by atoms with Crippen molar-refractivity contribution in [3.8, 4) is 0 Å². The third-order valence-electron chi connectivity index (χ3n) is 1.17. The van der Waals surface area contributed by atoms with Crippen LogP contribution in [0.3, 0.4) is 0 Å². The third kappa shape index (κ3) is 1.88. The van der Waals surface area contributed by atoms with Gasteiger partial charge in [-0.05, 0) is 13.3 Å². The van der Waals surface area contributed by atoms with Crippen LogP contribution in [0.15, 0.2) is 23.1 Å². The van der Waals surface area contributed by atoms with E-state index in [1.54, 1.807) is 11.8 Å². The summed E-state index contributed by atoms with van der Waals surface area (Å²) in [5.41, 5.74) is 5.63. The predicted molar refractivity (Wildman–Crippen MR) is 43.1 cm³/mol. The summed E-state index contributed by atoms with van der Waals surface area (Å²) >= 11 is 1.74. The molecular weight excluding hydrogens is 130 g/mol. The van der Waals surface area contributed by atoms with E-state index in [1.807, 2.05) is 13.0 Å². The quantitative estimate of drug-likeness (QED) is 0.603. The SMILES string of the molecule is C/C=C/C1=CCC(N)S1. The first-order chi connectivity index (χ1) is 4.33. The van der Waals surface area contributed by atoms with E-state index >= 15 is 0 Å². The fourth-order valence-electron chi connectivity index (χ4n) is 0.775. The summed E-state index contributed by atoms with van der Waals surface area (Å²) in [5.74, 6) is 0. The molecule has 1 rings (SSSR count). The Hall–Kier alpha value is -0.210. The molecule has 0 spiro atoms. The predicted octanol–water partition coefficient (Wildman–Crippen LogP) is 1.87. The van der Waals surface area contributed by atoms with Gasteiger partial charge in [0.2, 0.25) is 0 Å². The second-order valence-electron chi connectivity index (χ2n) is 2.00. The van der Waals surface area contributed by atoms with Crippen LogP contribution in [-0.4, -0.2) is 5.37 Å². The van der Waals surface area contributed by atoms with Gasteiger partial charge >= 0.3 is 0 Å². The summed E-state index contributed by atoms with van der Waals surface area (Å²) in [4.78, 5) is 1.31. The summed E-state index contributed by atoms with van der Waals surface area (Å²) in [5, 5.41) is 0.302. The number of rotatable bonds is 1. The molecule has 1 nitrogen and oxygen atoms in total. The van der Waals surface area contributed by atoms with Crippen molar-refractivity contribution < 1.29 is 0 Å². The fraction of sp³-hybridized carbons (Fsp3) is 0.429. The second-order valence-corrected chi connectivity index (χ2v) is 3.31. The van der Waals surface area contributed by atoms with Crippen LogP contribution in [-0.2, 0) is 0 Å². The van der Waals surface area contributed by atoms with Crippen LogP contribution in [0, 0.1) is 0 Å². The molecule has 0 saturated carbocycles. The summed E-state index contributed by atoms with van der Waals surface area (Å²) in [7, 11) is 0. The molecule has 9 heavy (non-hydrogen) atoms. The second kappa shape index (κ2) is 3.08. The molecular formula is C7H11NS. The topological polar surface area (TPSA) is 26.0 Å². The Morgan fingerprint density at radius 2 is 2.67 bits per heavy atom. The maximum Gasteiger partial charge on any atom is 0.0589 e. The highest BCUT2D eigenvalue weighted by Crippen LogP contribution is 2.29. The summed E-state index contributed by atoms with van der Waals surface area (Å²) < 4.78 is 0. The molecule has 1 aliphatic heterocycles. The highest BCUT2D eigenvalue weighted by Gasteiger charge is 2.09. The van der Waals surface area contributed by atoms with Gasteiger partial charge in [0.05, 0.1) is 5.37 Å². The van der Waals surface area contributed by atoms with Crippen molar-refractivity contribution in [2.45, 2.75) is 18.7 Å². The van der Waals surface area contributed by atoms with E-state index in [0.717, 1.165) is 6.42 Å². The maximum absolute atomic E-state index is 5.63. The van der Waals surface area contributed by atoms with Crippen molar-refractivity contribution in [3.05, 3.63) is 23.1 Å². The van der Waals surface area contributed by atoms with E-state index in [2.05, 4.69) is 12.2 Å². The zero-order chi connectivity index (χ0) is 6.69. The number of hydrogen-bond donors (Lipinski definition) is 1. The lowest BCUT2D eigenvalue weighted by Gasteiger charge is -1.97. The molecule has 0 radical (unpaired) electrons. The Bertz CT molecular complexity index is 149. The van der Waals surface area contributed by atoms with Gasteiger partial charge in [-0.1, -0.05) is 18.2 Å². The number of thioether (sulfide) groups is 1. The molecule has 0 saturated heterocycles. The fourth-order valence-corrected chi connectivity index (χ4v) is 1.72. The first-order valence-electron chi connectivity index (χ1n) is 3.08. The molecule has 50 valence electrons. The molecule has 0 aromatic rings. The average molecular weight is 141 g/mol. The molecule has 2 N–H and O–H groups in total. The highest BCUT2D eigenvalue weighted by molar-refractivity contribution is 8.04. The molecule has 2 heteroatoms. The maximum atomic E-state index is 5.63. The summed E-state index contributed by atoms with van der Waals surface area (Å²) in [6.07, 6.45) is 7.33. The lowest BCUT2D eigenvalue weighted by atomic mass is 10.3. The molecule has 1 heterocycles. The Kier molecular flexibility index (Phi) is 2.37. The normalized spacial score (nSPS) is 27.3. The largest absolute Gasteiger partial charge is 0.319 e. The molecule has 0 aromatic carbocycles. The van der Waals surface area contributed by atoms with Gasteiger partial charge in [-0.25, -0.2) is 0 Å².